The minimum absolute atomic E-state index is 0.0344. The lowest BCUT2D eigenvalue weighted by atomic mass is 9.98. The lowest BCUT2D eigenvalue weighted by molar-refractivity contribution is 0.356. The summed E-state index contributed by atoms with van der Waals surface area (Å²) in [6.45, 7) is 8.54. The van der Waals surface area contributed by atoms with Gasteiger partial charge in [0.15, 0.2) is 0 Å². The van der Waals surface area contributed by atoms with Crippen molar-refractivity contribution in [1.82, 2.24) is 5.32 Å². The highest BCUT2D eigenvalue weighted by Gasteiger charge is 2.16. The maximum Gasteiger partial charge on any atom is 0.129 e. The monoisotopic (exact) mass is 301 g/mol. The van der Waals surface area contributed by atoms with Gasteiger partial charge >= 0.3 is 0 Å². The smallest absolute Gasteiger partial charge is 0.129 e. The zero-order valence-electron chi connectivity index (χ0n) is 10.9. The fourth-order valence-corrected chi connectivity index (χ4v) is 2.19. The molecule has 0 saturated heterocycles. The fourth-order valence-electron chi connectivity index (χ4n) is 1.85. The number of halogens is 2. The van der Waals surface area contributed by atoms with Gasteiger partial charge in [-0.05, 0) is 31.9 Å². The van der Waals surface area contributed by atoms with Crippen LogP contribution < -0.4 is 5.32 Å². The number of hydrogen-bond acceptors (Lipinski definition) is 1. The van der Waals surface area contributed by atoms with Crippen LogP contribution in [0.1, 0.15) is 45.7 Å². The second-order valence-electron chi connectivity index (χ2n) is 4.73. The third-order valence-corrected chi connectivity index (χ3v) is 3.93. The van der Waals surface area contributed by atoms with E-state index in [4.69, 9.17) is 0 Å². The van der Waals surface area contributed by atoms with Gasteiger partial charge in [0.1, 0.15) is 5.82 Å². The van der Waals surface area contributed by atoms with Gasteiger partial charge in [0.25, 0.3) is 0 Å². The average molecular weight is 302 g/mol. The average Bonchev–Trinajstić information content (AvgIpc) is 2.27. The number of benzene rings is 1. The van der Waals surface area contributed by atoms with Crippen molar-refractivity contribution in [3.05, 3.63) is 34.1 Å². The predicted molar refractivity (Wildman–Crippen MR) is 74.6 cm³/mol. The van der Waals surface area contributed by atoms with E-state index in [1.54, 1.807) is 0 Å². The quantitative estimate of drug-likeness (QED) is 0.833. The molecule has 1 rings (SSSR count). The van der Waals surface area contributed by atoms with Crippen LogP contribution >= 0.6 is 15.9 Å². The molecule has 0 aliphatic heterocycles. The third kappa shape index (κ3) is 4.07. The Hall–Kier alpha value is -0.410. The van der Waals surface area contributed by atoms with Crippen LogP contribution in [0.2, 0.25) is 0 Å². The summed E-state index contributed by atoms with van der Waals surface area (Å²) in [7, 11) is 0. The summed E-state index contributed by atoms with van der Waals surface area (Å²) in [5.74, 6) is 0.437. The Morgan fingerprint density at radius 3 is 2.47 bits per heavy atom. The maximum absolute atomic E-state index is 13.8. The van der Waals surface area contributed by atoms with Crippen LogP contribution in [0.15, 0.2) is 22.7 Å². The van der Waals surface area contributed by atoms with Gasteiger partial charge in [0, 0.05) is 22.1 Å². The Bertz CT molecular complexity index is 367. The molecule has 0 bridgehead atoms. The largest absolute Gasteiger partial charge is 0.307 e. The second-order valence-corrected chi connectivity index (χ2v) is 5.64. The van der Waals surface area contributed by atoms with Crippen LogP contribution in [0, 0.1) is 11.7 Å². The Labute approximate surface area is 112 Å². The van der Waals surface area contributed by atoms with Crippen LogP contribution in [0.5, 0.6) is 0 Å². The fraction of sp³-hybridized carbons (Fsp3) is 0.571. The van der Waals surface area contributed by atoms with Crippen molar-refractivity contribution < 1.29 is 4.39 Å². The van der Waals surface area contributed by atoms with Crippen LogP contribution in [0.4, 0.5) is 4.39 Å². The van der Waals surface area contributed by atoms with Crippen molar-refractivity contribution in [2.75, 3.05) is 0 Å². The van der Waals surface area contributed by atoms with E-state index in [9.17, 15) is 4.39 Å². The highest BCUT2D eigenvalue weighted by molar-refractivity contribution is 9.10. The van der Waals surface area contributed by atoms with Gasteiger partial charge in [0.05, 0.1) is 0 Å². The van der Waals surface area contributed by atoms with E-state index in [1.807, 2.05) is 19.1 Å². The Kier molecular flexibility index (Phi) is 5.60. The molecule has 0 amide bonds. The van der Waals surface area contributed by atoms with Gasteiger partial charge in [-0.25, -0.2) is 4.39 Å². The van der Waals surface area contributed by atoms with Gasteiger partial charge in [-0.15, -0.1) is 0 Å². The summed E-state index contributed by atoms with van der Waals surface area (Å²) in [6.07, 6.45) is 1.13. The van der Waals surface area contributed by atoms with E-state index in [2.05, 4.69) is 42.0 Å². The molecule has 0 heterocycles. The molecule has 3 atom stereocenters. The van der Waals surface area contributed by atoms with Crippen LogP contribution in [-0.4, -0.2) is 6.04 Å². The first-order valence-electron chi connectivity index (χ1n) is 6.16. The molecule has 0 fully saturated rings. The standard InChI is InChI=1S/C14H21BrFN/c1-5-9(2)10(3)17-11(4)13-7-6-12(15)8-14(13)16/h6-11,17H,5H2,1-4H3. The van der Waals surface area contributed by atoms with Gasteiger partial charge in [-0.1, -0.05) is 42.3 Å². The van der Waals surface area contributed by atoms with Crippen molar-refractivity contribution >= 4 is 15.9 Å². The van der Waals surface area contributed by atoms with Gasteiger partial charge in [0.2, 0.25) is 0 Å². The molecule has 0 aliphatic carbocycles. The van der Waals surface area contributed by atoms with Crippen molar-refractivity contribution in [3.8, 4) is 0 Å². The van der Waals surface area contributed by atoms with Crippen LogP contribution in [0.25, 0.3) is 0 Å². The minimum atomic E-state index is -0.157. The lowest BCUT2D eigenvalue weighted by Crippen LogP contribution is -2.34. The zero-order valence-corrected chi connectivity index (χ0v) is 12.5. The Balaban J connectivity index is 2.72. The molecule has 1 nitrogen and oxygen atoms in total. The number of hydrogen-bond donors (Lipinski definition) is 1. The molecular weight excluding hydrogens is 281 g/mol. The first-order valence-corrected chi connectivity index (χ1v) is 6.96. The molecule has 0 aliphatic rings. The molecule has 1 N–H and O–H groups in total. The summed E-state index contributed by atoms with van der Waals surface area (Å²) >= 11 is 3.27. The summed E-state index contributed by atoms with van der Waals surface area (Å²) in [4.78, 5) is 0. The first kappa shape index (κ1) is 14.7. The minimum Gasteiger partial charge on any atom is -0.307 e. The molecule has 1 aromatic carbocycles. The highest BCUT2D eigenvalue weighted by Crippen LogP contribution is 2.22. The van der Waals surface area contributed by atoms with E-state index >= 15 is 0 Å². The lowest BCUT2D eigenvalue weighted by Gasteiger charge is -2.25. The summed E-state index contributed by atoms with van der Waals surface area (Å²) in [5, 5.41) is 3.45. The summed E-state index contributed by atoms with van der Waals surface area (Å²) < 4.78 is 14.5. The van der Waals surface area contributed by atoms with Crippen molar-refractivity contribution in [2.45, 2.75) is 46.2 Å². The second kappa shape index (κ2) is 6.50. The topological polar surface area (TPSA) is 12.0 Å². The van der Waals surface area contributed by atoms with Crippen molar-refractivity contribution in [2.24, 2.45) is 5.92 Å². The van der Waals surface area contributed by atoms with E-state index in [1.165, 1.54) is 6.07 Å². The Morgan fingerprint density at radius 2 is 1.94 bits per heavy atom. The molecule has 1 aromatic rings. The van der Waals surface area contributed by atoms with E-state index < -0.39 is 0 Å². The normalized spacial score (nSPS) is 16.6. The molecule has 0 saturated carbocycles. The third-order valence-electron chi connectivity index (χ3n) is 3.44. The van der Waals surface area contributed by atoms with Crippen molar-refractivity contribution in [3.63, 3.8) is 0 Å². The SMILES string of the molecule is CCC(C)C(C)NC(C)c1ccc(Br)cc1F. The van der Waals surface area contributed by atoms with E-state index in [-0.39, 0.29) is 11.9 Å². The van der Waals surface area contributed by atoms with Gasteiger partial charge in [-0.3, -0.25) is 0 Å². The first-order chi connectivity index (χ1) is 7.95. The van der Waals surface area contributed by atoms with Crippen LogP contribution in [-0.2, 0) is 0 Å². The molecule has 0 spiro atoms. The molecule has 0 aromatic heterocycles. The maximum atomic E-state index is 13.8. The van der Waals surface area contributed by atoms with Crippen molar-refractivity contribution in [1.29, 1.82) is 0 Å². The number of rotatable bonds is 5. The molecule has 17 heavy (non-hydrogen) atoms. The summed E-state index contributed by atoms with van der Waals surface area (Å²) in [5.41, 5.74) is 0.725. The molecule has 3 unspecified atom stereocenters. The zero-order chi connectivity index (χ0) is 13.0. The molecular formula is C14H21BrFN. The molecule has 96 valence electrons. The van der Waals surface area contributed by atoms with Gasteiger partial charge in [-0.2, -0.15) is 0 Å². The van der Waals surface area contributed by atoms with Gasteiger partial charge < -0.3 is 5.32 Å². The molecule has 3 heteroatoms. The summed E-state index contributed by atoms with van der Waals surface area (Å²) in [6, 6.07) is 5.65. The number of nitrogens with one attached hydrogen (secondary N) is 1. The van der Waals surface area contributed by atoms with E-state index in [0.29, 0.717) is 12.0 Å². The highest BCUT2D eigenvalue weighted by atomic mass is 79.9. The Morgan fingerprint density at radius 1 is 1.29 bits per heavy atom. The van der Waals surface area contributed by atoms with Crippen LogP contribution in [0.3, 0.4) is 0 Å². The predicted octanol–water partition coefficient (Wildman–Crippen LogP) is 4.67. The van der Waals surface area contributed by atoms with E-state index in [0.717, 1.165) is 16.5 Å². The molecule has 0 radical (unpaired) electrons.